The molecule has 5 heteroatoms. The first-order chi connectivity index (χ1) is 12.8. The number of hydrogen-bond donors (Lipinski definition) is 0. The van der Waals surface area contributed by atoms with Crippen molar-refractivity contribution in [1.29, 1.82) is 0 Å². The van der Waals surface area contributed by atoms with Gasteiger partial charge < -0.3 is 0 Å². The Balaban J connectivity index is 1.97. The number of ketones is 1. The average molecular weight is 381 g/mol. The molecule has 2 aromatic carbocycles. The topological polar surface area (TPSA) is 52.0 Å². The van der Waals surface area contributed by atoms with Gasteiger partial charge in [-0.25, -0.2) is 0 Å². The van der Waals surface area contributed by atoms with E-state index in [4.69, 9.17) is 0 Å². The summed E-state index contributed by atoms with van der Waals surface area (Å²) in [6.45, 7) is 6.56. The van der Waals surface area contributed by atoms with Gasteiger partial charge in [-0.05, 0) is 40.8 Å². The van der Waals surface area contributed by atoms with Crippen LogP contribution in [-0.4, -0.2) is 26.0 Å². The number of carbonyl (C=O) groups excluding carboxylic acids is 1. The fourth-order valence-electron chi connectivity index (χ4n) is 2.99. The molecule has 0 bridgehead atoms. The first-order valence-corrected chi connectivity index (χ1v) is 10.5. The Bertz CT molecular complexity index is 988. The van der Waals surface area contributed by atoms with Gasteiger partial charge in [0.1, 0.15) is 5.69 Å². The van der Waals surface area contributed by atoms with E-state index >= 15 is 0 Å². The fourth-order valence-corrected chi connectivity index (χ4v) is 3.56. The number of rotatable bonds is 6. The highest BCUT2D eigenvalue weighted by molar-refractivity contribution is 7.84. The summed E-state index contributed by atoms with van der Waals surface area (Å²) in [5, 5.41) is 4.47. The molecule has 0 saturated carbocycles. The van der Waals surface area contributed by atoms with Crippen molar-refractivity contribution >= 4 is 16.6 Å². The molecule has 140 valence electrons. The second-order valence-corrected chi connectivity index (χ2v) is 8.49. The van der Waals surface area contributed by atoms with Crippen LogP contribution in [0.15, 0.2) is 59.5 Å². The molecule has 0 N–H and O–H groups in total. The van der Waals surface area contributed by atoms with Crippen molar-refractivity contribution in [2.75, 3.05) is 6.26 Å². The van der Waals surface area contributed by atoms with Crippen molar-refractivity contribution in [3.05, 3.63) is 60.3 Å². The lowest BCUT2D eigenvalue weighted by atomic mass is 10.0. The standard InChI is InChI=1S/C22H24N2O2S/c1-15(2)14-24-22(13-21(23-24)16(3)25)18-10-8-17(9-11-18)19-6-5-7-20(12-19)27(4)26/h5-13,15H,14H2,1-4H3. The minimum atomic E-state index is -1.00. The van der Waals surface area contributed by atoms with E-state index < -0.39 is 10.8 Å². The summed E-state index contributed by atoms with van der Waals surface area (Å²) in [7, 11) is -1.00. The monoisotopic (exact) mass is 380 g/mol. The van der Waals surface area contributed by atoms with Gasteiger partial charge in [0, 0.05) is 35.4 Å². The van der Waals surface area contributed by atoms with Crippen LogP contribution in [0.2, 0.25) is 0 Å². The highest BCUT2D eigenvalue weighted by atomic mass is 32.2. The van der Waals surface area contributed by atoms with Gasteiger partial charge in [-0.2, -0.15) is 5.10 Å². The molecule has 0 saturated heterocycles. The number of aromatic nitrogens is 2. The van der Waals surface area contributed by atoms with Crippen LogP contribution in [0.1, 0.15) is 31.3 Å². The van der Waals surface area contributed by atoms with Crippen LogP contribution in [0.5, 0.6) is 0 Å². The molecule has 0 aliphatic rings. The van der Waals surface area contributed by atoms with Crippen molar-refractivity contribution in [3.63, 3.8) is 0 Å². The quantitative estimate of drug-likeness (QED) is 0.577. The first kappa shape index (κ1) is 19.2. The van der Waals surface area contributed by atoms with Gasteiger partial charge in [-0.15, -0.1) is 0 Å². The zero-order valence-electron chi connectivity index (χ0n) is 16.1. The molecule has 1 unspecified atom stereocenters. The molecule has 1 heterocycles. The van der Waals surface area contributed by atoms with Crippen molar-refractivity contribution < 1.29 is 9.00 Å². The molecule has 3 rings (SSSR count). The van der Waals surface area contributed by atoms with Crippen molar-refractivity contribution in [3.8, 4) is 22.4 Å². The Morgan fingerprint density at radius 3 is 2.30 bits per heavy atom. The molecule has 4 nitrogen and oxygen atoms in total. The predicted molar refractivity (Wildman–Crippen MR) is 110 cm³/mol. The molecule has 0 aliphatic heterocycles. The molecule has 0 aliphatic carbocycles. The van der Waals surface area contributed by atoms with E-state index in [1.165, 1.54) is 0 Å². The van der Waals surface area contributed by atoms with E-state index in [0.29, 0.717) is 11.6 Å². The third-order valence-electron chi connectivity index (χ3n) is 4.36. The second kappa shape index (κ2) is 8.01. The van der Waals surface area contributed by atoms with E-state index in [1.807, 2.05) is 59.3 Å². The number of carbonyl (C=O) groups is 1. The highest BCUT2D eigenvalue weighted by Gasteiger charge is 2.14. The van der Waals surface area contributed by atoms with Gasteiger partial charge in [-0.1, -0.05) is 50.2 Å². The Morgan fingerprint density at radius 1 is 1.04 bits per heavy atom. The lowest BCUT2D eigenvalue weighted by molar-refractivity contribution is 0.101. The van der Waals surface area contributed by atoms with Gasteiger partial charge in [-0.3, -0.25) is 13.7 Å². The zero-order valence-corrected chi connectivity index (χ0v) is 16.9. The summed E-state index contributed by atoms with van der Waals surface area (Å²) < 4.78 is 13.6. The highest BCUT2D eigenvalue weighted by Crippen LogP contribution is 2.27. The first-order valence-electron chi connectivity index (χ1n) is 8.98. The number of benzene rings is 2. The molecule has 0 radical (unpaired) electrons. The Hall–Kier alpha value is -2.53. The summed E-state index contributed by atoms with van der Waals surface area (Å²) in [5.41, 5.74) is 4.56. The summed E-state index contributed by atoms with van der Waals surface area (Å²) in [5.74, 6) is 0.403. The minimum Gasteiger partial charge on any atom is -0.293 e. The molecule has 3 aromatic rings. The smallest absolute Gasteiger partial charge is 0.180 e. The summed E-state index contributed by atoms with van der Waals surface area (Å²) in [4.78, 5) is 12.6. The maximum Gasteiger partial charge on any atom is 0.180 e. The van der Waals surface area contributed by atoms with Crippen molar-refractivity contribution in [2.24, 2.45) is 5.92 Å². The summed E-state index contributed by atoms with van der Waals surface area (Å²) in [6, 6.07) is 17.8. The number of nitrogens with zero attached hydrogens (tertiary/aromatic N) is 2. The molecule has 1 aromatic heterocycles. The summed E-state index contributed by atoms with van der Waals surface area (Å²) >= 11 is 0. The molecule has 0 amide bonds. The average Bonchev–Trinajstić information content (AvgIpc) is 3.05. The van der Waals surface area contributed by atoms with Crippen LogP contribution in [0.3, 0.4) is 0 Å². The maximum absolute atomic E-state index is 11.8. The van der Waals surface area contributed by atoms with E-state index in [0.717, 1.165) is 33.8 Å². The normalized spacial score (nSPS) is 12.3. The third kappa shape index (κ3) is 4.42. The van der Waals surface area contributed by atoms with Gasteiger partial charge in [0.2, 0.25) is 0 Å². The van der Waals surface area contributed by atoms with Gasteiger partial charge in [0.05, 0.1) is 5.69 Å². The van der Waals surface area contributed by atoms with E-state index in [9.17, 15) is 9.00 Å². The third-order valence-corrected chi connectivity index (χ3v) is 5.28. The maximum atomic E-state index is 11.8. The van der Waals surface area contributed by atoms with Crippen LogP contribution in [0.4, 0.5) is 0 Å². The van der Waals surface area contributed by atoms with Crippen LogP contribution in [0, 0.1) is 5.92 Å². The lowest BCUT2D eigenvalue weighted by Gasteiger charge is -2.11. The van der Waals surface area contributed by atoms with Crippen LogP contribution in [-0.2, 0) is 17.3 Å². The number of Topliss-reactive ketones (excluding diaryl/α,β-unsaturated/α-hetero) is 1. The Kier molecular flexibility index (Phi) is 5.71. The molecule has 27 heavy (non-hydrogen) atoms. The van der Waals surface area contributed by atoms with E-state index in [2.05, 4.69) is 18.9 Å². The molecule has 0 fully saturated rings. The van der Waals surface area contributed by atoms with E-state index in [1.54, 1.807) is 13.2 Å². The summed E-state index contributed by atoms with van der Waals surface area (Å²) in [6.07, 6.45) is 1.69. The van der Waals surface area contributed by atoms with E-state index in [-0.39, 0.29) is 5.78 Å². The van der Waals surface area contributed by atoms with Crippen LogP contribution < -0.4 is 0 Å². The van der Waals surface area contributed by atoms with Crippen LogP contribution >= 0.6 is 0 Å². The fraction of sp³-hybridized carbons (Fsp3) is 0.273. The SMILES string of the molecule is CC(=O)c1cc(-c2ccc(-c3cccc(S(C)=O)c3)cc2)n(CC(C)C)n1. The van der Waals surface area contributed by atoms with Crippen molar-refractivity contribution in [1.82, 2.24) is 9.78 Å². The molecular formula is C22H24N2O2S. The largest absolute Gasteiger partial charge is 0.293 e. The number of hydrogen-bond acceptors (Lipinski definition) is 3. The zero-order chi connectivity index (χ0) is 19.6. The Labute approximate surface area is 162 Å². The van der Waals surface area contributed by atoms with Crippen molar-refractivity contribution in [2.45, 2.75) is 32.2 Å². The van der Waals surface area contributed by atoms with Gasteiger partial charge in [0.15, 0.2) is 5.78 Å². The molecular weight excluding hydrogens is 356 g/mol. The van der Waals surface area contributed by atoms with Crippen LogP contribution in [0.25, 0.3) is 22.4 Å². The van der Waals surface area contributed by atoms with Gasteiger partial charge in [0.25, 0.3) is 0 Å². The molecule has 0 spiro atoms. The second-order valence-electron chi connectivity index (χ2n) is 7.11. The minimum absolute atomic E-state index is 0.0280. The molecule has 1 atom stereocenters. The van der Waals surface area contributed by atoms with Gasteiger partial charge >= 0.3 is 0 Å². The lowest BCUT2D eigenvalue weighted by Crippen LogP contribution is -2.08. The Morgan fingerprint density at radius 2 is 1.70 bits per heavy atom. The predicted octanol–water partition coefficient (Wildman–Crippen LogP) is 4.81.